The van der Waals surface area contributed by atoms with Gasteiger partial charge in [-0.3, -0.25) is 20.4 Å². The summed E-state index contributed by atoms with van der Waals surface area (Å²) in [6.45, 7) is 7.95. The van der Waals surface area contributed by atoms with Crippen LogP contribution in [0.2, 0.25) is 0 Å². The lowest BCUT2D eigenvalue weighted by Crippen LogP contribution is -2.44. The number of carbonyl (C=O) groups excluding carboxylic acids is 2. The van der Waals surface area contributed by atoms with E-state index in [4.69, 9.17) is 4.74 Å². The van der Waals surface area contributed by atoms with Crippen molar-refractivity contribution in [3.05, 3.63) is 64.7 Å². The Hall–Kier alpha value is -2.82. The van der Waals surface area contributed by atoms with Crippen LogP contribution in [0, 0.1) is 13.8 Å². The highest BCUT2D eigenvalue weighted by Gasteiger charge is 2.10. The summed E-state index contributed by atoms with van der Waals surface area (Å²) in [6, 6.07) is 12.9. The van der Waals surface area contributed by atoms with Crippen molar-refractivity contribution in [2.24, 2.45) is 0 Å². The van der Waals surface area contributed by atoms with Crippen molar-refractivity contribution in [1.82, 2.24) is 10.9 Å². The molecule has 0 saturated carbocycles. The monoisotopic (exact) mass is 340 g/mol. The molecule has 0 radical (unpaired) electrons. The SMILES string of the molecule is Cc1ccccc1C(=O)NNC(=O)COc1ccc(C(C)C)c(C)c1. The smallest absolute Gasteiger partial charge is 0.276 e. The van der Waals surface area contributed by atoms with E-state index in [1.807, 2.05) is 44.2 Å². The molecular formula is C20H24N2O3. The number of carbonyl (C=O) groups is 2. The Balaban J connectivity index is 1.84. The fourth-order valence-electron chi connectivity index (χ4n) is 2.59. The Kier molecular flexibility index (Phi) is 6.17. The van der Waals surface area contributed by atoms with E-state index in [-0.39, 0.29) is 12.5 Å². The quantitative estimate of drug-likeness (QED) is 0.821. The summed E-state index contributed by atoms with van der Waals surface area (Å²) in [6.07, 6.45) is 0. The molecule has 0 bridgehead atoms. The second-order valence-electron chi connectivity index (χ2n) is 6.28. The molecule has 0 saturated heterocycles. The maximum Gasteiger partial charge on any atom is 0.276 e. The maximum atomic E-state index is 12.0. The zero-order chi connectivity index (χ0) is 18.4. The zero-order valence-corrected chi connectivity index (χ0v) is 15.1. The fraction of sp³-hybridized carbons (Fsp3) is 0.300. The number of hydrogen-bond donors (Lipinski definition) is 2. The second-order valence-corrected chi connectivity index (χ2v) is 6.28. The first kappa shape index (κ1) is 18.5. The Morgan fingerprint density at radius 1 is 1.00 bits per heavy atom. The summed E-state index contributed by atoms with van der Waals surface area (Å²) >= 11 is 0. The Morgan fingerprint density at radius 3 is 2.36 bits per heavy atom. The van der Waals surface area contributed by atoms with Gasteiger partial charge in [0.15, 0.2) is 6.61 Å². The fourth-order valence-corrected chi connectivity index (χ4v) is 2.59. The lowest BCUT2D eigenvalue weighted by molar-refractivity contribution is -0.123. The van der Waals surface area contributed by atoms with Gasteiger partial charge in [-0.2, -0.15) is 0 Å². The highest BCUT2D eigenvalue weighted by Crippen LogP contribution is 2.23. The van der Waals surface area contributed by atoms with Crippen LogP contribution in [0.3, 0.4) is 0 Å². The van der Waals surface area contributed by atoms with Gasteiger partial charge in [0, 0.05) is 5.56 Å². The lowest BCUT2D eigenvalue weighted by Gasteiger charge is -2.13. The Morgan fingerprint density at radius 2 is 1.72 bits per heavy atom. The van der Waals surface area contributed by atoms with E-state index < -0.39 is 5.91 Å². The molecule has 2 aromatic carbocycles. The van der Waals surface area contributed by atoms with Crippen LogP contribution in [-0.2, 0) is 4.79 Å². The molecule has 0 unspecified atom stereocenters. The highest BCUT2D eigenvalue weighted by molar-refractivity contribution is 5.96. The van der Waals surface area contributed by atoms with Gasteiger partial charge in [0.25, 0.3) is 11.8 Å². The van der Waals surface area contributed by atoms with Gasteiger partial charge in [0.2, 0.25) is 0 Å². The van der Waals surface area contributed by atoms with Crippen molar-refractivity contribution in [3.8, 4) is 5.75 Å². The summed E-state index contributed by atoms with van der Waals surface area (Å²) < 4.78 is 5.48. The van der Waals surface area contributed by atoms with Crippen LogP contribution >= 0.6 is 0 Å². The summed E-state index contributed by atoms with van der Waals surface area (Å²) in [5.41, 5.74) is 8.49. The predicted molar refractivity (Wildman–Crippen MR) is 97.6 cm³/mol. The molecule has 0 aliphatic heterocycles. The van der Waals surface area contributed by atoms with Crippen molar-refractivity contribution in [1.29, 1.82) is 0 Å². The van der Waals surface area contributed by atoms with Crippen molar-refractivity contribution < 1.29 is 14.3 Å². The molecule has 5 heteroatoms. The second kappa shape index (κ2) is 8.33. The summed E-state index contributed by atoms with van der Waals surface area (Å²) in [5, 5.41) is 0. The van der Waals surface area contributed by atoms with E-state index in [9.17, 15) is 9.59 Å². The minimum absolute atomic E-state index is 0.172. The zero-order valence-electron chi connectivity index (χ0n) is 15.1. The summed E-state index contributed by atoms with van der Waals surface area (Å²) in [4.78, 5) is 23.9. The van der Waals surface area contributed by atoms with Crippen molar-refractivity contribution >= 4 is 11.8 Å². The summed E-state index contributed by atoms with van der Waals surface area (Å²) in [5.74, 6) is 0.285. The molecule has 2 aromatic rings. The maximum absolute atomic E-state index is 12.0. The molecule has 2 amide bonds. The average Bonchev–Trinajstić information content (AvgIpc) is 2.58. The van der Waals surface area contributed by atoms with Gasteiger partial charge in [-0.25, -0.2) is 0 Å². The predicted octanol–water partition coefficient (Wildman–Crippen LogP) is 3.27. The van der Waals surface area contributed by atoms with Crippen molar-refractivity contribution in [3.63, 3.8) is 0 Å². The number of rotatable bonds is 5. The topological polar surface area (TPSA) is 67.4 Å². The number of benzene rings is 2. The Bertz CT molecular complexity index is 769. The van der Waals surface area contributed by atoms with Gasteiger partial charge in [0.1, 0.15) is 5.75 Å². The number of hydrogen-bond acceptors (Lipinski definition) is 3. The number of aryl methyl sites for hydroxylation is 2. The van der Waals surface area contributed by atoms with Gasteiger partial charge in [0.05, 0.1) is 0 Å². The molecule has 25 heavy (non-hydrogen) atoms. The molecule has 0 heterocycles. The van der Waals surface area contributed by atoms with Gasteiger partial charge in [-0.1, -0.05) is 38.1 Å². The minimum atomic E-state index is -0.424. The molecule has 5 nitrogen and oxygen atoms in total. The molecule has 2 N–H and O–H groups in total. The largest absolute Gasteiger partial charge is 0.484 e. The third-order valence-electron chi connectivity index (χ3n) is 3.94. The van der Waals surface area contributed by atoms with Crippen LogP contribution in [-0.4, -0.2) is 18.4 Å². The van der Waals surface area contributed by atoms with Crippen LogP contribution < -0.4 is 15.6 Å². The highest BCUT2D eigenvalue weighted by atomic mass is 16.5. The van der Waals surface area contributed by atoms with Crippen molar-refractivity contribution in [2.45, 2.75) is 33.6 Å². The third-order valence-corrected chi connectivity index (χ3v) is 3.94. The van der Waals surface area contributed by atoms with Gasteiger partial charge < -0.3 is 4.74 Å². The van der Waals surface area contributed by atoms with Crippen LogP contribution in [0.15, 0.2) is 42.5 Å². The molecule has 2 rings (SSSR count). The lowest BCUT2D eigenvalue weighted by atomic mass is 9.98. The molecule has 0 atom stereocenters. The molecule has 0 fully saturated rings. The molecule has 0 aliphatic carbocycles. The van der Waals surface area contributed by atoms with Crippen LogP contribution in [0.4, 0.5) is 0 Å². The molecule has 0 spiro atoms. The standard InChI is InChI=1S/C20H24N2O3/c1-13(2)17-10-9-16(11-15(17)4)25-12-19(23)21-22-20(24)18-8-6-5-7-14(18)3/h5-11,13H,12H2,1-4H3,(H,21,23)(H,22,24). The van der Waals surface area contributed by atoms with E-state index in [1.54, 1.807) is 12.1 Å². The van der Waals surface area contributed by atoms with Gasteiger partial charge >= 0.3 is 0 Å². The third kappa shape index (κ3) is 5.08. The van der Waals surface area contributed by atoms with E-state index in [2.05, 4.69) is 24.7 Å². The summed E-state index contributed by atoms with van der Waals surface area (Å²) in [7, 11) is 0. The van der Waals surface area contributed by atoms with E-state index >= 15 is 0 Å². The van der Waals surface area contributed by atoms with Crippen LogP contribution in [0.25, 0.3) is 0 Å². The molecule has 0 aromatic heterocycles. The van der Waals surface area contributed by atoms with Crippen molar-refractivity contribution in [2.75, 3.05) is 6.61 Å². The van der Waals surface area contributed by atoms with Gasteiger partial charge in [-0.05, 0) is 54.7 Å². The van der Waals surface area contributed by atoms with E-state index in [0.29, 0.717) is 17.2 Å². The minimum Gasteiger partial charge on any atom is -0.484 e. The molecule has 0 aliphatic rings. The number of amides is 2. The van der Waals surface area contributed by atoms with Crippen LogP contribution in [0.1, 0.15) is 46.8 Å². The first-order valence-electron chi connectivity index (χ1n) is 8.26. The first-order chi connectivity index (χ1) is 11.9. The number of nitrogens with one attached hydrogen (secondary N) is 2. The molecule has 132 valence electrons. The first-order valence-corrected chi connectivity index (χ1v) is 8.26. The van der Waals surface area contributed by atoms with E-state index in [1.165, 1.54) is 5.56 Å². The van der Waals surface area contributed by atoms with Crippen LogP contribution in [0.5, 0.6) is 5.75 Å². The average molecular weight is 340 g/mol. The molecular weight excluding hydrogens is 316 g/mol. The van der Waals surface area contributed by atoms with E-state index in [0.717, 1.165) is 11.1 Å². The Labute approximate surface area is 148 Å². The normalized spacial score (nSPS) is 10.4. The number of hydrazine groups is 1. The van der Waals surface area contributed by atoms with Gasteiger partial charge in [-0.15, -0.1) is 0 Å². The number of ether oxygens (including phenoxy) is 1.